The quantitative estimate of drug-likeness (QED) is 0.764. The molecule has 1 aliphatic rings. The van der Waals surface area contributed by atoms with Crippen LogP contribution in [0.5, 0.6) is 0 Å². The highest BCUT2D eigenvalue weighted by Gasteiger charge is 2.39. The van der Waals surface area contributed by atoms with E-state index in [1.54, 1.807) is 27.7 Å². The van der Waals surface area contributed by atoms with Crippen LogP contribution in [0.4, 0.5) is 0 Å². The van der Waals surface area contributed by atoms with Crippen molar-refractivity contribution in [2.24, 2.45) is 0 Å². The zero-order valence-corrected chi connectivity index (χ0v) is 11.8. The minimum Gasteiger partial charge on any atom is -0.389 e. The summed E-state index contributed by atoms with van der Waals surface area (Å²) in [5, 5.41) is 9.91. The summed E-state index contributed by atoms with van der Waals surface area (Å²) in [5.74, 6) is -0.0352. The fraction of sp³-hybridized carbons (Fsp3) is 1.00. The summed E-state index contributed by atoms with van der Waals surface area (Å²) in [4.78, 5) is 0. The summed E-state index contributed by atoms with van der Waals surface area (Å²) in [6.45, 7) is 7.14. The number of rotatable bonds is 5. The molecule has 17 heavy (non-hydrogen) atoms. The van der Waals surface area contributed by atoms with Crippen molar-refractivity contribution in [1.29, 1.82) is 0 Å². The summed E-state index contributed by atoms with van der Waals surface area (Å²) < 4.78 is 31.7. The smallest absolute Gasteiger partial charge is 0.214 e. The second-order valence-corrected chi connectivity index (χ2v) is 7.47. The van der Waals surface area contributed by atoms with E-state index in [9.17, 15) is 13.5 Å². The van der Waals surface area contributed by atoms with E-state index in [-0.39, 0.29) is 11.9 Å². The van der Waals surface area contributed by atoms with Crippen LogP contribution in [0.15, 0.2) is 0 Å². The minimum atomic E-state index is -3.44. The van der Waals surface area contributed by atoms with Crippen molar-refractivity contribution in [2.45, 2.75) is 57.8 Å². The van der Waals surface area contributed by atoms with Gasteiger partial charge in [0.25, 0.3) is 0 Å². The molecule has 0 aliphatic carbocycles. The van der Waals surface area contributed by atoms with Gasteiger partial charge in [0.2, 0.25) is 10.0 Å². The molecule has 1 saturated heterocycles. The van der Waals surface area contributed by atoms with Crippen LogP contribution in [-0.2, 0) is 14.8 Å². The molecule has 0 saturated carbocycles. The van der Waals surface area contributed by atoms with Crippen molar-refractivity contribution >= 4 is 10.0 Å². The van der Waals surface area contributed by atoms with E-state index in [1.807, 2.05) is 0 Å². The molecule has 1 fully saturated rings. The predicted octanol–water partition coefficient (Wildman–Crippen LogP) is 0.634. The molecule has 0 aromatic carbocycles. The van der Waals surface area contributed by atoms with Gasteiger partial charge in [-0.25, -0.2) is 13.1 Å². The summed E-state index contributed by atoms with van der Waals surface area (Å²) in [5.41, 5.74) is -2.04. The molecule has 0 spiro atoms. The standard InChI is InChI=1S/C11H23NO4S/c1-10(2,11(3,4)13)12-17(14,15)8-9-6-5-7-16-9/h9,12-13H,5-8H2,1-4H3. The Morgan fingerprint density at radius 3 is 2.35 bits per heavy atom. The monoisotopic (exact) mass is 265 g/mol. The molecule has 5 nitrogen and oxygen atoms in total. The van der Waals surface area contributed by atoms with Gasteiger partial charge in [0.15, 0.2) is 0 Å². The van der Waals surface area contributed by atoms with Gasteiger partial charge in [-0.05, 0) is 40.5 Å². The molecule has 0 radical (unpaired) electrons. The highest BCUT2D eigenvalue weighted by molar-refractivity contribution is 7.89. The van der Waals surface area contributed by atoms with Gasteiger partial charge in [0.05, 0.1) is 23.0 Å². The highest BCUT2D eigenvalue weighted by atomic mass is 32.2. The average Bonchev–Trinajstić information content (AvgIpc) is 2.50. The molecule has 0 amide bonds. The number of hydrogen-bond donors (Lipinski definition) is 2. The molecule has 1 aliphatic heterocycles. The van der Waals surface area contributed by atoms with E-state index < -0.39 is 21.2 Å². The van der Waals surface area contributed by atoms with E-state index in [4.69, 9.17) is 4.74 Å². The number of sulfonamides is 1. The van der Waals surface area contributed by atoms with Gasteiger partial charge in [-0.3, -0.25) is 0 Å². The molecular weight excluding hydrogens is 242 g/mol. The lowest BCUT2D eigenvalue weighted by Crippen LogP contribution is -2.58. The van der Waals surface area contributed by atoms with Crippen LogP contribution in [0.2, 0.25) is 0 Å². The van der Waals surface area contributed by atoms with Crippen LogP contribution in [0.3, 0.4) is 0 Å². The maximum Gasteiger partial charge on any atom is 0.214 e. The molecule has 0 aromatic heterocycles. The topological polar surface area (TPSA) is 75.6 Å². The van der Waals surface area contributed by atoms with Crippen LogP contribution in [-0.4, -0.2) is 43.1 Å². The van der Waals surface area contributed by atoms with Crippen LogP contribution >= 0.6 is 0 Å². The van der Waals surface area contributed by atoms with Gasteiger partial charge < -0.3 is 9.84 Å². The van der Waals surface area contributed by atoms with E-state index in [0.717, 1.165) is 12.8 Å². The van der Waals surface area contributed by atoms with E-state index in [2.05, 4.69) is 4.72 Å². The van der Waals surface area contributed by atoms with Gasteiger partial charge in [-0.15, -0.1) is 0 Å². The number of hydrogen-bond acceptors (Lipinski definition) is 4. The Labute approximate surface area is 104 Å². The van der Waals surface area contributed by atoms with Crippen LogP contribution in [0.1, 0.15) is 40.5 Å². The Bertz CT molecular complexity index is 350. The Morgan fingerprint density at radius 2 is 1.94 bits per heavy atom. The lowest BCUT2D eigenvalue weighted by molar-refractivity contribution is 0.00619. The van der Waals surface area contributed by atoms with Gasteiger partial charge in [-0.2, -0.15) is 0 Å². The molecule has 0 aromatic rings. The second-order valence-electron chi connectivity index (χ2n) is 5.70. The van der Waals surface area contributed by atoms with Gasteiger partial charge in [0, 0.05) is 6.61 Å². The summed E-state index contributed by atoms with van der Waals surface area (Å²) in [7, 11) is -3.44. The van der Waals surface area contributed by atoms with Crippen molar-refractivity contribution in [1.82, 2.24) is 4.72 Å². The molecule has 1 rings (SSSR count). The first-order valence-electron chi connectivity index (χ1n) is 5.89. The first-order valence-corrected chi connectivity index (χ1v) is 7.54. The molecule has 102 valence electrons. The van der Waals surface area contributed by atoms with E-state index in [0.29, 0.717) is 6.61 Å². The minimum absolute atomic E-state index is 0.0352. The van der Waals surface area contributed by atoms with Crippen molar-refractivity contribution in [3.05, 3.63) is 0 Å². The van der Waals surface area contributed by atoms with Crippen molar-refractivity contribution in [2.75, 3.05) is 12.4 Å². The molecule has 6 heteroatoms. The second kappa shape index (κ2) is 4.84. The molecule has 1 unspecified atom stereocenters. The predicted molar refractivity (Wildman–Crippen MR) is 66.3 cm³/mol. The number of ether oxygens (including phenoxy) is 1. The summed E-state index contributed by atoms with van der Waals surface area (Å²) >= 11 is 0. The fourth-order valence-corrected chi connectivity index (χ4v) is 3.44. The Hall–Kier alpha value is -0.170. The molecule has 2 N–H and O–H groups in total. The lowest BCUT2D eigenvalue weighted by atomic mass is 9.87. The SMILES string of the molecule is CC(C)(O)C(C)(C)NS(=O)(=O)CC1CCCO1. The lowest BCUT2D eigenvalue weighted by Gasteiger charge is -2.37. The average molecular weight is 265 g/mol. The maximum absolute atomic E-state index is 11.9. The zero-order valence-electron chi connectivity index (χ0n) is 11.0. The van der Waals surface area contributed by atoms with E-state index >= 15 is 0 Å². The molecule has 1 atom stereocenters. The van der Waals surface area contributed by atoms with Gasteiger partial charge in [0.1, 0.15) is 0 Å². The molecule has 0 bridgehead atoms. The number of aliphatic hydroxyl groups is 1. The summed E-state index contributed by atoms with van der Waals surface area (Å²) in [6, 6.07) is 0. The van der Waals surface area contributed by atoms with Crippen molar-refractivity contribution in [3.8, 4) is 0 Å². The molecular formula is C11H23NO4S. The summed E-state index contributed by atoms with van der Waals surface area (Å²) in [6.07, 6.45) is 1.48. The normalized spacial score (nSPS) is 23.0. The largest absolute Gasteiger partial charge is 0.389 e. The molecule has 1 heterocycles. The van der Waals surface area contributed by atoms with Crippen molar-refractivity contribution < 1.29 is 18.3 Å². The third-order valence-corrected chi connectivity index (χ3v) is 5.00. The highest BCUT2D eigenvalue weighted by Crippen LogP contribution is 2.22. The number of nitrogens with one attached hydrogen (secondary N) is 1. The Kier molecular flexibility index (Phi) is 4.24. The maximum atomic E-state index is 11.9. The fourth-order valence-electron chi connectivity index (χ4n) is 1.58. The third-order valence-electron chi connectivity index (χ3n) is 3.37. The zero-order chi connectivity index (χ0) is 13.3. The first-order chi connectivity index (χ1) is 7.54. The Balaban J connectivity index is 2.66. The van der Waals surface area contributed by atoms with Crippen LogP contribution in [0.25, 0.3) is 0 Å². The Morgan fingerprint density at radius 1 is 1.35 bits per heavy atom. The van der Waals surface area contributed by atoms with Gasteiger partial charge >= 0.3 is 0 Å². The van der Waals surface area contributed by atoms with Crippen LogP contribution in [0, 0.1) is 0 Å². The third kappa shape index (κ3) is 4.21. The van der Waals surface area contributed by atoms with E-state index in [1.165, 1.54) is 0 Å². The van der Waals surface area contributed by atoms with Gasteiger partial charge in [-0.1, -0.05) is 0 Å². The first kappa shape index (κ1) is 14.9. The van der Waals surface area contributed by atoms with Crippen LogP contribution < -0.4 is 4.72 Å². The van der Waals surface area contributed by atoms with Crippen molar-refractivity contribution in [3.63, 3.8) is 0 Å².